The van der Waals surface area contributed by atoms with Crippen LogP contribution in [0.5, 0.6) is 0 Å². The van der Waals surface area contributed by atoms with Gasteiger partial charge in [-0.25, -0.2) is 13.2 Å². The van der Waals surface area contributed by atoms with Gasteiger partial charge in [-0.3, -0.25) is 24.2 Å². The number of alkyl halides is 2. The van der Waals surface area contributed by atoms with Crippen LogP contribution in [0.25, 0.3) is 22.5 Å². The fourth-order valence-corrected chi connectivity index (χ4v) is 3.60. The van der Waals surface area contributed by atoms with Crippen molar-refractivity contribution in [2.75, 3.05) is 5.32 Å². The minimum Gasteiger partial charge on any atom is -0.366 e. The molecule has 4 rings (SSSR count). The minimum absolute atomic E-state index is 0.0166. The molecule has 0 spiro atoms. The number of carbonyl (C=O) groups is 2. The van der Waals surface area contributed by atoms with Crippen LogP contribution in [-0.2, 0) is 13.0 Å². The quantitative estimate of drug-likeness (QED) is 0.430. The molecule has 35 heavy (non-hydrogen) atoms. The van der Waals surface area contributed by atoms with E-state index in [1.54, 1.807) is 25.2 Å². The number of rotatable bonds is 6. The van der Waals surface area contributed by atoms with Gasteiger partial charge in [-0.15, -0.1) is 0 Å². The van der Waals surface area contributed by atoms with E-state index in [-0.39, 0.29) is 28.1 Å². The normalized spacial score (nSPS) is 11.3. The first kappa shape index (κ1) is 23.6. The molecule has 0 unspecified atom stereocenters. The largest absolute Gasteiger partial charge is 0.366 e. The summed E-state index contributed by atoms with van der Waals surface area (Å²) in [7, 11) is 1.60. The number of nitrogens with zero attached hydrogens (tertiary/aromatic N) is 4. The van der Waals surface area contributed by atoms with Crippen LogP contribution >= 0.6 is 0 Å². The molecule has 11 heteroatoms. The van der Waals surface area contributed by atoms with Crippen LogP contribution in [0.2, 0.25) is 0 Å². The van der Waals surface area contributed by atoms with Crippen molar-refractivity contribution in [3.8, 4) is 22.5 Å². The molecule has 0 saturated heterocycles. The molecule has 0 saturated carbocycles. The van der Waals surface area contributed by atoms with Gasteiger partial charge in [0.25, 0.3) is 17.7 Å². The molecule has 1 aromatic carbocycles. The molecule has 0 bridgehead atoms. The van der Waals surface area contributed by atoms with E-state index in [1.165, 1.54) is 35.5 Å². The molecule has 8 nitrogen and oxygen atoms in total. The Bertz CT molecular complexity index is 1430. The van der Waals surface area contributed by atoms with Crippen molar-refractivity contribution in [3.05, 3.63) is 83.7 Å². The van der Waals surface area contributed by atoms with E-state index in [4.69, 9.17) is 5.73 Å². The molecule has 2 amide bonds. The van der Waals surface area contributed by atoms with Gasteiger partial charge >= 0.3 is 0 Å². The van der Waals surface area contributed by atoms with Crippen molar-refractivity contribution in [3.63, 3.8) is 0 Å². The molecule has 0 atom stereocenters. The molecule has 4 aromatic rings. The van der Waals surface area contributed by atoms with Gasteiger partial charge in [0, 0.05) is 49.3 Å². The van der Waals surface area contributed by atoms with Crippen molar-refractivity contribution >= 4 is 17.5 Å². The standard InChI is InChI=1S/C24H19F3N6O2/c1-24(26,27)16-10-17(25)14(9-13(16)18-6-8-33(2)32-18)23(35)31-20-12-29-11-15(22(28)34)21(20)19-5-3-4-7-30-19/h3-12H,1-2H3,(H2,28,34)(H,31,35). The van der Waals surface area contributed by atoms with Crippen molar-refractivity contribution in [1.29, 1.82) is 0 Å². The SMILES string of the molecule is Cn1ccc(-c2cc(C(=O)Nc3cncc(C(N)=O)c3-c3ccccn3)c(F)cc2C(C)(F)F)n1. The van der Waals surface area contributed by atoms with Crippen LogP contribution in [-0.4, -0.2) is 31.6 Å². The highest BCUT2D eigenvalue weighted by Crippen LogP contribution is 2.37. The summed E-state index contributed by atoms with van der Waals surface area (Å²) in [6.45, 7) is 0.633. The summed E-state index contributed by atoms with van der Waals surface area (Å²) in [6, 6.07) is 8.04. The Kier molecular flexibility index (Phi) is 6.08. The molecule has 0 radical (unpaired) electrons. The summed E-state index contributed by atoms with van der Waals surface area (Å²) in [5, 5.41) is 6.61. The second kappa shape index (κ2) is 9.01. The van der Waals surface area contributed by atoms with Crippen molar-refractivity contribution < 1.29 is 22.8 Å². The second-order valence-corrected chi connectivity index (χ2v) is 7.78. The number of amides is 2. The fraction of sp³-hybridized carbons (Fsp3) is 0.125. The van der Waals surface area contributed by atoms with E-state index in [1.807, 2.05) is 0 Å². The summed E-state index contributed by atoms with van der Waals surface area (Å²) >= 11 is 0. The summed E-state index contributed by atoms with van der Waals surface area (Å²) < 4.78 is 44.9. The average Bonchev–Trinajstić information content (AvgIpc) is 3.24. The molecule has 178 valence electrons. The zero-order chi connectivity index (χ0) is 25.3. The smallest absolute Gasteiger partial charge is 0.271 e. The monoisotopic (exact) mass is 480 g/mol. The number of halogens is 3. The van der Waals surface area contributed by atoms with Gasteiger partial charge < -0.3 is 11.1 Å². The molecule has 0 aliphatic carbocycles. The lowest BCUT2D eigenvalue weighted by atomic mass is 9.96. The number of primary amides is 1. The maximum absolute atomic E-state index is 14.9. The van der Waals surface area contributed by atoms with Crippen LogP contribution in [0.1, 0.15) is 33.2 Å². The van der Waals surface area contributed by atoms with Gasteiger partial charge in [-0.05, 0) is 30.3 Å². The highest BCUT2D eigenvalue weighted by molar-refractivity contribution is 6.09. The van der Waals surface area contributed by atoms with Crippen LogP contribution in [0.15, 0.2) is 61.2 Å². The number of aromatic nitrogens is 4. The summed E-state index contributed by atoms with van der Waals surface area (Å²) in [4.78, 5) is 33.2. The van der Waals surface area contributed by atoms with Crippen molar-refractivity contribution in [2.45, 2.75) is 12.8 Å². The van der Waals surface area contributed by atoms with E-state index in [0.29, 0.717) is 18.7 Å². The number of hydrogen-bond acceptors (Lipinski definition) is 5. The number of nitrogens with one attached hydrogen (secondary N) is 1. The fourth-order valence-electron chi connectivity index (χ4n) is 3.60. The van der Waals surface area contributed by atoms with Crippen LogP contribution in [0.3, 0.4) is 0 Å². The maximum Gasteiger partial charge on any atom is 0.271 e. The Hall–Kier alpha value is -4.54. The van der Waals surface area contributed by atoms with Gasteiger partial charge in [0.15, 0.2) is 0 Å². The Morgan fingerprint density at radius 3 is 2.46 bits per heavy atom. The Morgan fingerprint density at radius 2 is 1.86 bits per heavy atom. The molecule has 0 aliphatic heterocycles. The number of carbonyl (C=O) groups excluding carboxylic acids is 2. The third kappa shape index (κ3) is 4.74. The van der Waals surface area contributed by atoms with E-state index >= 15 is 0 Å². The minimum atomic E-state index is -3.39. The predicted molar refractivity (Wildman–Crippen MR) is 122 cm³/mol. The number of aryl methyl sites for hydroxylation is 1. The van der Waals surface area contributed by atoms with Crippen molar-refractivity contribution in [2.24, 2.45) is 12.8 Å². The van der Waals surface area contributed by atoms with Crippen molar-refractivity contribution in [1.82, 2.24) is 19.7 Å². The lowest BCUT2D eigenvalue weighted by Gasteiger charge is -2.17. The summed E-state index contributed by atoms with van der Waals surface area (Å²) in [6.07, 6.45) is 5.49. The number of pyridine rings is 2. The van der Waals surface area contributed by atoms with Gasteiger partial charge in [-0.2, -0.15) is 5.10 Å². The maximum atomic E-state index is 14.9. The molecule has 3 N–H and O–H groups in total. The molecular formula is C24H19F3N6O2. The summed E-state index contributed by atoms with van der Waals surface area (Å²) in [5.74, 6) is -6.31. The van der Waals surface area contributed by atoms with Crippen LogP contribution in [0, 0.1) is 5.82 Å². The van der Waals surface area contributed by atoms with Gasteiger partial charge in [-0.1, -0.05) is 6.07 Å². The topological polar surface area (TPSA) is 116 Å². The number of hydrogen-bond donors (Lipinski definition) is 2. The molecular weight excluding hydrogens is 461 g/mol. The third-order valence-electron chi connectivity index (χ3n) is 5.19. The summed E-state index contributed by atoms with van der Waals surface area (Å²) in [5.41, 5.74) is 4.91. The highest BCUT2D eigenvalue weighted by Gasteiger charge is 2.31. The lowest BCUT2D eigenvalue weighted by molar-refractivity contribution is 0.0177. The zero-order valence-corrected chi connectivity index (χ0v) is 18.6. The van der Waals surface area contributed by atoms with Crippen LogP contribution in [0.4, 0.5) is 18.9 Å². The Balaban J connectivity index is 1.82. The molecule has 0 fully saturated rings. The molecule has 0 aliphatic rings. The molecule has 3 aromatic heterocycles. The number of anilines is 1. The predicted octanol–water partition coefficient (Wildman–Crippen LogP) is 4.15. The zero-order valence-electron chi connectivity index (χ0n) is 18.6. The third-order valence-corrected chi connectivity index (χ3v) is 5.19. The Morgan fingerprint density at radius 1 is 1.09 bits per heavy atom. The number of benzene rings is 1. The van der Waals surface area contributed by atoms with Gasteiger partial charge in [0.2, 0.25) is 0 Å². The number of nitrogens with two attached hydrogens (primary N) is 1. The Labute approximate surface area is 197 Å². The first-order chi connectivity index (χ1) is 16.6. The van der Waals surface area contributed by atoms with E-state index in [9.17, 15) is 22.8 Å². The van der Waals surface area contributed by atoms with E-state index in [0.717, 1.165) is 6.07 Å². The van der Waals surface area contributed by atoms with E-state index in [2.05, 4.69) is 20.4 Å². The van der Waals surface area contributed by atoms with Crippen LogP contribution < -0.4 is 11.1 Å². The highest BCUT2D eigenvalue weighted by atomic mass is 19.3. The lowest BCUT2D eigenvalue weighted by Crippen LogP contribution is -2.19. The first-order valence-corrected chi connectivity index (χ1v) is 10.3. The average molecular weight is 480 g/mol. The van der Waals surface area contributed by atoms with Gasteiger partial charge in [0.05, 0.1) is 34.4 Å². The van der Waals surface area contributed by atoms with E-state index < -0.39 is 34.7 Å². The van der Waals surface area contributed by atoms with Gasteiger partial charge in [0.1, 0.15) is 5.82 Å². The molecule has 3 heterocycles. The second-order valence-electron chi connectivity index (χ2n) is 7.78. The first-order valence-electron chi connectivity index (χ1n) is 10.3.